The molecule has 0 saturated carbocycles. The molecule has 0 atom stereocenters. The second-order valence-electron chi connectivity index (χ2n) is 4.48. The zero-order chi connectivity index (χ0) is 12.6. The first-order valence-electron chi connectivity index (χ1n) is 6.80. The van der Waals surface area contributed by atoms with Crippen molar-refractivity contribution in [1.29, 1.82) is 0 Å². The van der Waals surface area contributed by atoms with Gasteiger partial charge in [-0.05, 0) is 12.5 Å². The van der Waals surface area contributed by atoms with Crippen LogP contribution in [0.4, 0.5) is 11.8 Å². The summed E-state index contributed by atoms with van der Waals surface area (Å²) in [5.41, 5.74) is 0. The number of hydrogen-bond acceptors (Lipinski definition) is 5. The minimum atomic E-state index is 0.761. The zero-order valence-electron chi connectivity index (χ0n) is 11.1. The van der Waals surface area contributed by atoms with Crippen LogP contribution in [0, 0.1) is 0 Å². The number of anilines is 2. The molecule has 1 N–H and O–H groups in total. The SMILES string of the molecule is CCCCCNc1ccnc(N2CCOCC2)n1. The lowest BCUT2D eigenvalue weighted by molar-refractivity contribution is 0.122. The molecule has 0 aromatic carbocycles. The maximum Gasteiger partial charge on any atom is 0.227 e. The van der Waals surface area contributed by atoms with Crippen molar-refractivity contribution < 1.29 is 4.74 Å². The van der Waals surface area contributed by atoms with Crippen molar-refractivity contribution in [2.75, 3.05) is 43.1 Å². The topological polar surface area (TPSA) is 50.3 Å². The fourth-order valence-corrected chi connectivity index (χ4v) is 1.95. The van der Waals surface area contributed by atoms with Gasteiger partial charge in [0.05, 0.1) is 13.2 Å². The molecule has 0 spiro atoms. The van der Waals surface area contributed by atoms with Gasteiger partial charge in [-0.1, -0.05) is 19.8 Å². The Morgan fingerprint density at radius 1 is 1.33 bits per heavy atom. The predicted octanol–water partition coefficient (Wildman–Crippen LogP) is 1.92. The van der Waals surface area contributed by atoms with Crippen LogP contribution in [0.3, 0.4) is 0 Å². The molecule has 1 aliphatic rings. The maximum absolute atomic E-state index is 5.33. The summed E-state index contributed by atoms with van der Waals surface area (Å²) in [7, 11) is 0. The Kier molecular flexibility index (Phi) is 5.20. The molecule has 1 saturated heterocycles. The molecular formula is C13H22N4O. The van der Waals surface area contributed by atoms with Crippen LogP contribution >= 0.6 is 0 Å². The third kappa shape index (κ3) is 3.84. The Morgan fingerprint density at radius 2 is 2.17 bits per heavy atom. The van der Waals surface area contributed by atoms with Crippen LogP contribution in [-0.2, 0) is 4.74 Å². The number of ether oxygens (including phenoxy) is 1. The smallest absolute Gasteiger partial charge is 0.227 e. The highest BCUT2D eigenvalue weighted by molar-refractivity contribution is 5.41. The van der Waals surface area contributed by atoms with E-state index in [4.69, 9.17) is 4.74 Å². The van der Waals surface area contributed by atoms with E-state index in [1.54, 1.807) is 0 Å². The molecule has 5 nitrogen and oxygen atoms in total. The van der Waals surface area contributed by atoms with Gasteiger partial charge in [-0.2, -0.15) is 4.98 Å². The van der Waals surface area contributed by atoms with Crippen LogP contribution in [0.5, 0.6) is 0 Å². The lowest BCUT2D eigenvalue weighted by Gasteiger charge is -2.26. The fourth-order valence-electron chi connectivity index (χ4n) is 1.95. The Labute approximate surface area is 109 Å². The highest BCUT2D eigenvalue weighted by atomic mass is 16.5. The maximum atomic E-state index is 5.33. The molecule has 1 aromatic heterocycles. The summed E-state index contributed by atoms with van der Waals surface area (Å²) in [6.45, 7) is 6.46. The first-order chi connectivity index (χ1) is 8.90. The third-order valence-electron chi connectivity index (χ3n) is 3.02. The first kappa shape index (κ1) is 13.1. The highest BCUT2D eigenvalue weighted by Crippen LogP contribution is 2.12. The monoisotopic (exact) mass is 250 g/mol. The molecule has 2 rings (SSSR count). The van der Waals surface area contributed by atoms with Gasteiger partial charge < -0.3 is 15.0 Å². The summed E-state index contributed by atoms with van der Waals surface area (Å²) in [5, 5.41) is 3.35. The van der Waals surface area contributed by atoms with Crippen molar-refractivity contribution in [1.82, 2.24) is 9.97 Å². The second-order valence-corrected chi connectivity index (χ2v) is 4.48. The van der Waals surface area contributed by atoms with Gasteiger partial charge in [0.1, 0.15) is 5.82 Å². The third-order valence-corrected chi connectivity index (χ3v) is 3.02. The van der Waals surface area contributed by atoms with Crippen LogP contribution in [0.2, 0.25) is 0 Å². The average molecular weight is 250 g/mol. The predicted molar refractivity (Wildman–Crippen MR) is 73.1 cm³/mol. The number of nitrogens with one attached hydrogen (secondary N) is 1. The number of rotatable bonds is 6. The Bertz CT molecular complexity index is 353. The molecule has 0 unspecified atom stereocenters. The van der Waals surface area contributed by atoms with Gasteiger partial charge in [0.2, 0.25) is 5.95 Å². The largest absolute Gasteiger partial charge is 0.378 e. The van der Waals surface area contributed by atoms with Crippen molar-refractivity contribution in [2.45, 2.75) is 26.2 Å². The van der Waals surface area contributed by atoms with Gasteiger partial charge in [0.15, 0.2) is 0 Å². The molecule has 0 aliphatic carbocycles. The van der Waals surface area contributed by atoms with Gasteiger partial charge >= 0.3 is 0 Å². The summed E-state index contributed by atoms with van der Waals surface area (Å²) in [6.07, 6.45) is 5.51. The van der Waals surface area contributed by atoms with Crippen LogP contribution in [0.1, 0.15) is 26.2 Å². The van der Waals surface area contributed by atoms with E-state index in [0.717, 1.165) is 44.6 Å². The molecule has 1 fully saturated rings. The fraction of sp³-hybridized carbons (Fsp3) is 0.692. The number of aromatic nitrogens is 2. The molecule has 0 bridgehead atoms. The summed E-state index contributed by atoms with van der Waals surface area (Å²) in [5.74, 6) is 1.72. The number of morpholine rings is 1. The lowest BCUT2D eigenvalue weighted by Crippen LogP contribution is -2.37. The quantitative estimate of drug-likeness (QED) is 0.782. The number of unbranched alkanes of at least 4 members (excludes halogenated alkanes) is 2. The van der Waals surface area contributed by atoms with Gasteiger partial charge in [0, 0.05) is 25.8 Å². The van der Waals surface area contributed by atoms with Crippen LogP contribution in [-0.4, -0.2) is 42.8 Å². The van der Waals surface area contributed by atoms with Crippen molar-refractivity contribution in [2.24, 2.45) is 0 Å². The lowest BCUT2D eigenvalue weighted by atomic mass is 10.2. The van der Waals surface area contributed by atoms with E-state index in [1.807, 2.05) is 12.3 Å². The van der Waals surface area contributed by atoms with Gasteiger partial charge in [-0.15, -0.1) is 0 Å². The molecule has 100 valence electrons. The molecule has 5 heteroatoms. The van der Waals surface area contributed by atoms with Crippen molar-refractivity contribution in [3.05, 3.63) is 12.3 Å². The number of hydrogen-bond donors (Lipinski definition) is 1. The minimum absolute atomic E-state index is 0.761. The molecule has 2 heterocycles. The van der Waals surface area contributed by atoms with Gasteiger partial charge in [-0.25, -0.2) is 4.98 Å². The van der Waals surface area contributed by atoms with Crippen molar-refractivity contribution in [3.8, 4) is 0 Å². The van der Waals surface area contributed by atoms with E-state index in [9.17, 15) is 0 Å². The van der Waals surface area contributed by atoms with E-state index in [-0.39, 0.29) is 0 Å². The normalized spacial score (nSPS) is 15.7. The molecule has 1 aromatic rings. The first-order valence-corrected chi connectivity index (χ1v) is 6.80. The van der Waals surface area contributed by atoms with Crippen molar-refractivity contribution in [3.63, 3.8) is 0 Å². The standard InChI is InChI=1S/C13H22N4O/c1-2-3-4-6-14-12-5-7-15-13(16-12)17-8-10-18-11-9-17/h5,7H,2-4,6,8-11H2,1H3,(H,14,15,16). The van der Waals surface area contributed by atoms with E-state index < -0.39 is 0 Å². The zero-order valence-corrected chi connectivity index (χ0v) is 11.1. The molecular weight excluding hydrogens is 228 g/mol. The van der Waals surface area contributed by atoms with Crippen LogP contribution in [0.15, 0.2) is 12.3 Å². The van der Waals surface area contributed by atoms with Gasteiger partial charge in [0.25, 0.3) is 0 Å². The van der Waals surface area contributed by atoms with Gasteiger partial charge in [-0.3, -0.25) is 0 Å². The average Bonchev–Trinajstić information content (AvgIpc) is 2.45. The molecule has 1 aliphatic heterocycles. The summed E-state index contributed by atoms with van der Waals surface area (Å²) in [6, 6.07) is 1.93. The second kappa shape index (κ2) is 7.16. The van der Waals surface area contributed by atoms with Crippen LogP contribution in [0.25, 0.3) is 0 Å². The molecule has 0 radical (unpaired) electrons. The Balaban J connectivity index is 1.88. The number of nitrogens with zero attached hydrogens (tertiary/aromatic N) is 3. The van der Waals surface area contributed by atoms with E-state index >= 15 is 0 Å². The highest BCUT2D eigenvalue weighted by Gasteiger charge is 2.13. The molecule has 0 amide bonds. The summed E-state index contributed by atoms with van der Waals surface area (Å²) in [4.78, 5) is 11.0. The Hall–Kier alpha value is -1.36. The van der Waals surface area contributed by atoms with E-state index in [0.29, 0.717) is 0 Å². The van der Waals surface area contributed by atoms with Crippen molar-refractivity contribution >= 4 is 11.8 Å². The molecule has 18 heavy (non-hydrogen) atoms. The van der Waals surface area contributed by atoms with E-state index in [1.165, 1.54) is 19.3 Å². The van der Waals surface area contributed by atoms with Crippen LogP contribution < -0.4 is 10.2 Å². The Morgan fingerprint density at radius 3 is 2.94 bits per heavy atom. The minimum Gasteiger partial charge on any atom is -0.378 e. The summed E-state index contributed by atoms with van der Waals surface area (Å²) >= 11 is 0. The van der Waals surface area contributed by atoms with E-state index in [2.05, 4.69) is 27.1 Å². The summed E-state index contributed by atoms with van der Waals surface area (Å²) < 4.78 is 5.33.